The largest absolute Gasteiger partial charge is 0.361 e. The first-order valence-corrected chi connectivity index (χ1v) is 10.3. The number of nitrogens with one attached hydrogen (secondary N) is 2. The highest BCUT2D eigenvalue weighted by Gasteiger charge is 2.39. The lowest BCUT2D eigenvalue weighted by atomic mass is 9.96. The Bertz CT molecular complexity index is 866. The zero-order valence-electron chi connectivity index (χ0n) is 16.8. The molecular weight excluding hydrogens is 352 g/mol. The van der Waals surface area contributed by atoms with Gasteiger partial charge in [-0.05, 0) is 45.0 Å². The van der Waals surface area contributed by atoms with Crippen molar-refractivity contribution in [2.24, 2.45) is 0 Å². The van der Waals surface area contributed by atoms with Crippen LogP contribution in [-0.2, 0) is 16.1 Å². The lowest BCUT2D eigenvalue weighted by molar-refractivity contribution is -0.136. The smallest absolute Gasteiger partial charge is 0.242 e. The van der Waals surface area contributed by atoms with E-state index in [1.54, 1.807) is 4.90 Å². The van der Waals surface area contributed by atoms with E-state index in [-0.39, 0.29) is 23.4 Å². The molecule has 1 unspecified atom stereocenters. The summed E-state index contributed by atoms with van der Waals surface area (Å²) in [5.74, 6) is 0.0486. The van der Waals surface area contributed by atoms with Gasteiger partial charge < -0.3 is 20.1 Å². The summed E-state index contributed by atoms with van der Waals surface area (Å²) in [7, 11) is 4.19. The zero-order valence-corrected chi connectivity index (χ0v) is 16.8. The second kappa shape index (κ2) is 7.59. The molecule has 0 bridgehead atoms. The molecule has 0 spiro atoms. The van der Waals surface area contributed by atoms with Crippen molar-refractivity contribution in [3.63, 3.8) is 0 Å². The van der Waals surface area contributed by atoms with E-state index in [9.17, 15) is 9.59 Å². The summed E-state index contributed by atoms with van der Waals surface area (Å²) in [5.41, 5.74) is 2.17. The lowest BCUT2D eigenvalue weighted by Gasteiger charge is -2.37. The van der Waals surface area contributed by atoms with Crippen LogP contribution in [0, 0.1) is 0 Å². The fourth-order valence-electron chi connectivity index (χ4n) is 4.84. The highest BCUT2D eigenvalue weighted by atomic mass is 16.2. The Morgan fingerprint density at radius 3 is 2.79 bits per heavy atom. The summed E-state index contributed by atoms with van der Waals surface area (Å²) in [5, 5.41) is 4.28. The number of likely N-dealkylation sites (N-methyl/N-ethyl adjacent to an activating group) is 1. The Morgan fingerprint density at radius 2 is 2.04 bits per heavy atom. The number of aromatic nitrogens is 1. The molecule has 1 aliphatic carbocycles. The molecule has 2 amide bonds. The number of carbonyl (C=O) groups is 2. The van der Waals surface area contributed by atoms with Crippen molar-refractivity contribution < 1.29 is 9.59 Å². The Hall–Kier alpha value is -2.34. The third-order valence-corrected chi connectivity index (χ3v) is 6.72. The number of carbonyl (C=O) groups excluding carboxylic acids is 2. The highest BCUT2D eigenvalue weighted by Crippen LogP contribution is 2.33. The molecule has 1 atom stereocenters. The van der Waals surface area contributed by atoms with Gasteiger partial charge >= 0.3 is 0 Å². The fraction of sp³-hybridized carbons (Fsp3) is 0.545. The van der Waals surface area contributed by atoms with Crippen LogP contribution in [0.1, 0.15) is 44.1 Å². The van der Waals surface area contributed by atoms with E-state index in [1.165, 1.54) is 12.8 Å². The van der Waals surface area contributed by atoms with Gasteiger partial charge in [0, 0.05) is 42.1 Å². The van der Waals surface area contributed by atoms with Crippen LogP contribution in [-0.4, -0.2) is 58.8 Å². The van der Waals surface area contributed by atoms with Crippen LogP contribution >= 0.6 is 0 Å². The summed E-state index contributed by atoms with van der Waals surface area (Å²) in [6.07, 6.45) is 7.64. The van der Waals surface area contributed by atoms with E-state index >= 15 is 0 Å². The van der Waals surface area contributed by atoms with Crippen LogP contribution < -0.4 is 5.32 Å². The average Bonchev–Trinajstić information content (AvgIpc) is 3.41. The molecule has 1 saturated carbocycles. The first-order chi connectivity index (χ1) is 13.5. The normalized spacial score (nSPS) is 21.8. The molecule has 2 heterocycles. The fourth-order valence-corrected chi connectivity index (χ4v) is 4.84. The molecule has 6 nitrogen and oxygen atoms in total. The predicted octanol–water partition coefficient (Wildman–Crippen LogP) is 2.65. The monoisotopic (exact) mass is 382 g/mol. The van der Waals surface area contributed by atoms with Gasteiger partial charge in [-0.25, -0.2) is 0 Å². The van der Waals surface area contributed by atoms with E-state index in [0.717, 1.165) is 29.3 Å². The number of likely N-dealkylation sites (tertiary alicyclic amines) is 1. The minimum Gasteiger partial charge on any atom is -0.361 e. The summed E-state index contributed by atoms with van der Waals surface area (Å²) in [6.45, 7) is 1.13. The van der Waals surface area contributed by atoms with Gasteiger partial charge in [-0.2, -0.15) is 0 Å². The molecule has 1 saturated heterocycles. The van der Waals surface area contributed by atoms with Crippen molar-refractivity contribution in [2.75, 3.05) is 20.6 Å². The predicted molar refractivity (Wildman–Crippen MR) is 110 cm³/mol. The third kappa shape index (κ3) is 3.41. The molecule has 0 radical (unpaired) electrons. The van der Waals surface area contributed by atoms with E-state index in [1.807, 2.05) is 24.4 Å². The molecule has 2 aliphatic rings. The van der Waals surface area contributed by atoms with Crippen molar-refractivity contribution in [1.29, 1.82) is 0 Å². The van der Waals surface area contributed by atoms with Crippen LogP contribution in [0.4, 0.5) is 0 Å². The summed E-state index contributed by atoms with van der Waals surface area (Å²) in [6, 6.07) is 7.69. The van der Waals surface area contributed by atoms with Crippen molar-refractivity contribution in [3.05, 3.63) is 36.0 Å². The maximum absolute atomic E-state index is 13.0. The summed E-state index contributed by atoms with van der Waals surface area (Å²) >= 11 is 0. The summed E-state index contributed by atoms with van der Waals surface area (Å²) < 4.78 is 0. The second-order valence-corrected chi connectivity index (χ2v) is 8.48. The van der Waals surface area contributed by atoms with Crippen LogP contribution in [0.15, 0.2) is 30.5 Å². The number of rotatable bonds is 6. The van der Waals surface area contributed by atoms with Crippen molar-refractivity contribution >= 4 is 22.7 Å². The zero-order chi connectivity index (χ0) is 19.7. The number of fused-ring (bicyclic) bond motifs is 1. The van der Waals surface area contributed by atoms with Crippen LogP contribution in [0.5, 0.6) is 0 Å². The minimum absolute atomic E-state index is 0.0150. The number of hydrogen-bond donors (Lipinski definition) is 2. The average molecular weight is 383 g/mol. The molecule has 28 heavy (non-hydrogen) atoms. The van der Waals surface area contributed by atoms with Gasteiger partial charge in [-0.15, -0.1) is 0 Å². The number of aromatic amines is 1. The van der Waals surface area contributed by atoms with Crippen molar-refractivity contribution in [3.8, 4) is 0 Å². The standard InChI is InChI=1S/C22H30N4O2/c1-25(2)22(11-5-6-12-22)15-24-21(28)19-9-10-20(27)26(19)14-16-13-23-18-8-4-3-7-17(16)18/h3-4,7-8,13,19,23H,5-6,9-12,14-15H2,1-2H3,(H,24,28). The molecule has 4 rings (SSSR count). The number of H-pyrrole nitrogens is 1. The van der Waals surface area contributed by atoms with E-state index in [0.29, 0.717) is 25.9 Å². The maximum atomic E-state index is 13.0. The molecule has 1 aromatic heterocycles. The van der Waals surface area contributed by atoms with Gasteiger partial charge in [0.15, 0.2) is 0 Å². The minimum atomic E-state index is -0.373. The number of nitrogens with zero attached hydrogens (tertiary/aromatic N) is 2. The number of hydrogen-bond acceptors (Lipinski definition) is 3. The molecule has 1 aromatic carbocycles. The quantitative estimate of drug-likeness (QED) is 0.807. The SMILES string of the molecule is CN(C)C1(CNC(=O)C2CCC(=O)N2Cc2c[nH]c3ccccc23)CCCC1. The van der Waals surface area contributed by atoms with Crippen LogP contribution in [0.25, 0.3) is 10.9 Å². The lowest BCUT2D eigenvalue weighted by Crippen LogP contribution is -2.53. The number of para-hydroxylation sites is 1. The Kier molecular flexibility index (Phi) is 5.15. The first-order valence-electron chi connectivity index (χ1n) is 10.3. The van der Waals surface area contributed by atoms with Crippen molar-refractivity contribution in [2.45, 2.75) is 56.7 Å². The molecule has 2 aromatic rings. The topological polar surface area (TPSA) is 68.4 Å². The summed E-state index contributed by atoms with van der Waals surface area (Å²) in [4.78, 5) is 32.8. The highest BCUT2D eigenvalue weighted by molar-refractivity contribution is 5.91. The van der Waals surface area contributed by atoms with Gasteiger partial charge in [0.1, 0.15) is 6.04 Å². The van der Waals surface area contributed by atoms with Gasteiger partial charge in [0.2, 0.25) is 11.8 Å². The van der Waals surface area contributed by atoms with Crippen molar-refractivity contribution in [1.82, 2.24) is 20.1 Å². The first kappa shape index (κ1) is 19.0. The van der Waals surface area contributed by atoms with Gasteiger partial charge in [-0.3, -0.25) is 9.59 Å². The van der Waals surface area contributed by atoms with Crippen LogP contribution in [0.2, 0.25) is 0 Å². The van der Waals surface area contributed by atoms with Crippen LogP contribution in [0.3, 0.4) is 0 Å². The maximum Gasteiger partial charge on any atom is 0.242 e. The van der Waals surface area contributed by atoms with E-state index in [2.05, 4.69) is 35.4 Å². The second-order valence-electron chi connectivity index (χ2n) is 8.48. The van der Waals surface area contributed by atoms with E-state index in [4.69, 9.17) is 0 Å². The number of amides is 2. The molecule has 2 N–H and O–H groups in total. The molecule has 6 heteroatoms. The molecular formula is C22H30N4O2. The Balaban J connectivity index is 1.46. The third-order valence-electron chi connectivity index (χ3n) is 6.72. The van der Waals surface area contributed by atoms with Gasteiger partial charge in [0.25, 0.3) is 0 Å². The molecule has 1 aliphatic heterocycles. The number of benzene rings is 1. The Labute approximate surface area is 166 Å². The molecule has 150 valence electrons. The Morgan fingerprint density at radius 1 is 1.29 bits per heavy atom. The molecule has 2 fully saturated rings. The van der Waals surface area contributed by atoms with Gasteiger partial charge in [-0.1, -0.05) is 31.0 Å². The van der Waals surface area contributed by atoms with Gasteiger partial charge in [0.05, 0.1) is 0 Å². The van der Waals surface area contributed by atoms with E-state index < -0.39 is 0 Å².